The van der Waals surface area contributed by atoms with Crippen molar-refractivity contribution < 1.29 is 9.59 Å². The summed E-state index contributed by atoms with van der Waals surface area (Å²) < 4.78 is 0. The maximum atomic E-state index is 12.7. The second kappa shape index (κ2) is 7.00. The molecule has 0 saturated heterocycles. The molecule has 2 amide bonds. The molecule has 0 radical (unpaired) electrons. The minimum atomic E-state index is -0.155. The summed E-state index contributed by atoms with van der Waals surface area (Å²) in [5.74, 6) is 0.429. The Bertz CT molecular complexity index is 823. The van der Waals surface area contributed by atoms with Crippen molar-refractivity contribution in [1.29, 1.82) is 0 Å². The molecule has 1 heterocycles. The van der Waals surface area contributed by atoms with Crippen LogP contribution in [0.15, 0.2) is 24.3 Å². The third kappa shape index (κ3) is 3.47. The third-order valence-electron chi connectivity index (χ3n) is 4.75. The van der Waals surface area contributed by atoms with Gasteiger partial charge in [0.25, 0.3) is 11.8 Å². The molecule has 1 atom stereocenters. The van der Waals surface area contributed by atoms with E-state index in [1.807, 2.05) is 31.2 Å². The van der Waals surface area contributed by atoms with Crippen LogP contribution in [-0.4, -0.2) is 30.8 Å². The summed E-state index contributed by atoms with van der Waals surface area (Å²) in [4.78, 5) is 28.3. The molecule has 0 aliphatic heterocycles. The summed E-state index contributed by atoms with van der Waals surface area (Å²) in [6.45, 7) is 4.16. The molecule has 0 bridgehead atoms. The maximum Gasteiger partial charge on any atom is 0.256 e. The van der Waals surface area contributed by atoms with Crippen molar-refractivity contribution in [3.05, 3.63) is 51.4 Å². The summed E-state index contributed by atoms with van der Waals surface area (Å²) in [6, 6.07) is 7.50. The first kappa shape index (κ1) is 17.7. The van der Waals surface area contributed by atoms with E-state index < -0.39 is 0 Å². The average Bonchev–Trinajstić information content (AvgIpc) is 2.90. The summed E-state index contributed by atoms with van der Waals surface area (Å²) in [6.07, 6.45) is 2.97. The van der Waals surface area contributed by atoms with Gasteiger partial charge in [0.05, 0.1) is 5.56 Å². The quantitative estimate of drug-likeness (QED) is 0.899. The van der Waals surface area contributed by atoms with Gasteiger partial charge in [0.2, 0.25) is 0 Å². The second-order valence-corrected chi connectivity index (χ2v) is 8.13. The molecule has 0 spiro atoms. The van der Waals surface area contributed by atoms with Crippen LogP contribution in [0.5, 0.6) is 0 Å². The van der Waals surface area contributed by atoms with Crippen LogP contribution in [0.2, 0.25) is 0 Å². The van der Waals surface area contributed by atoms with Crippen LogP contribution in [0, 0.1) is 12.8 Å². The Hall–Kier alpha value is -2.14. The van der Waals surface area contributed by atoms with Gasteiger partial charge < -0.3 is 10.2 Å². The van der Waals surface area contributed by atoms with E-state index in [0.29, 0.717) is 22.0 Å². The Labute approximate surface area is 152 Å². The summed E-state index contributed by atoms with van der Waals surface area (Å²) in [7, 11) is 3.51. The molecule has 1 aromatic carbocycles. The number of nitrogens with zero attached hydrogens (tertiary/aromatic N) is 1. The number of thiophene rings is 1. The van der Waals surface area contributed by atoms with Crippen LogP contribution in [0.25, 0.3) is 0 Å². The number of nitrogens with one attached hydrogen (secondary N) is 1. The Morgan fingerprint density at radius 3 is 2.64 bits per heavy atom. The van der Waals surface area contributed by atoms with Gasteiger partial charge >= 0.3 is 0 Å². The Kier molecular flexibility index (Phi) is 4.95. The lowest BCUT2D eigenvalue weighted by molar-refractivity contribution is 0.0827. The Morgan fingerprint density at radius 2 is 1.96 bits per heavy atom. The van der Waals surface area contributed by atoms with Gasteiger partial charge in [0.1, 0.15) is 5.00 Å². The fourth-order valence-electron chi connectivity index (χ4n) is 3.29. The molecule has 1 aliphatic carbocycles. The lowest BCUT2D eigenvalue weighted by Gasteiger charge is -2.19. The highest BCUT2D eigenvalue weighted by molar-refractivity contribution is 7.17. The first-order chi connectivity index (χ1) is 11.9. The molecule has 3 rings (SSSR count). The number of carbonyl (C=O) groups excluding carboxylic acids is 2. The van der Waals surface area contributed by atoms with E-state index in [9.17, 15) is 9.59 Å². The molecule has 4 nitrogen and oxygen atoms in total. The van der Waals surface area contributed by atoms with Gasteiger partial charge in [-0.25, -0.2) is 0 Å². The fourth-order valence-corrected chi connectivity index (χ4v) is 4.68. The SMILES string of the molecule is Cc1ccccc1C(=O)Nc1sc2c(c1C(=O)N(C)C)CC[C@H](C)C2. The molecule has 0 saturated carbocycles. The van der Waals surface area contributed by atoms with Gasteiger partial charge in [-0.1, -0.05) is 25.1 Å². The van der Waals surface area contributed by atoms with Gasteiger partial charge in [0.15, 0.2) is 0 Å². The largest absolute Gasteiger partial charge is 0.345 e. The molecule has 1 N–H and O–H groups in total. The summed E-state index contributed by atoms with van der Waals surface area (Å²) in [5, 5.41) is 3.69. The van der Waals surface area contributed by atoms with Gasteiger partial charge in [-0.15, -0.1) is 11.3 Å². The molecule has 2 aromatic rings. The minimum Gasteiger partial charge on any atom is -0.345 e. The first-order valence-corrected chi connectivity index (χ1v) is 9.43. The van der Waals surface area contributed by atoms with Crippen LogP contribution >= 0.6 is 11.3 Å². The lowest BCUT2D eigenvalue weighted by atomic mass is 9.88. The van der Waals surface area contributed by atoms with Crippen LogP contribution < -0.4 is 5.32 Å². The molecular weight excluding hydrogens is 332 g/mol. The lowest BCUT2D eigenvalue weighted by Crippen LogP contribution is -2.25. The number of aryl methyl sites for hydroxylation is 1. The normalized spacial score (nSPS) is 16.2. The molecular formula is C20H24N2O2S. The highest BCUT2D eigenvalue weighted by Gasteiger charge is 2.29. The van der Waals surface area contributed by atoms with Crippen LogP contribution in [0.3, 0.4) is 0 Å². The zero-order chi connectivity index (χ0) is 18.1. The minimum absolute atomic E-state index is 0.0351. The predicted molar refractivity (Wildman–Crippen MR) is 103 cm³/mol. The number of fused-ring (bicyclic) bond motifs is 1. The number of amides is 2. The van der Waals surface area contributed by atoms with Crippen molar-refractivity contribution in [3.63, 3.8) is 0 Å². The van der Waals surface area contributed by atoms with Gasteiger partial charge in [0, 0.05) is 24.5 Å². The van der Waals surface area contributed by atoms with E-state index in [4.69, 9.17) is 0 Å². The van der Waals surface area contributed by atoms with Crippen LogP contribution in [0.4, 0.5) is 5.00 Å². The Balaban J connectivity index is 1.99. The third-order valence-corrected chi connectivity index (χ3v) is 5.92. The number of hydrogen-bond acceptors (Lipinski definition) is 3. The standard InChI is InChI=1S/C20H24N2O2S/c1-12-9-10-15-16(11-12)25-19(17(15)20(24)22(3)4)21-18(23)14-8-6-5-7-13(14)2/h5-8,12H,9-11H2,1-4H3,(H,21,23)/t12-/m0/s1. The number of anilines is 1. The monoisotopic (exact) mass is 356 g/mol. The van der Waals surface area contributed by atoms with E-state index in [1.165, 1.54) is 4.88 Å². The van der Waals surface area contributed by atoms with E-state index in [0.717, 1.165) is 30.4 Å². The zero-order valence-corrected chi connectivity index (χ0v) is 16.0. The molecule has 1 aliphatic rings. The highest BCUT2D eigenvalue weighted by Crippen LogP contribution is 2.40. The van der Waals surface area contributed by atoms with Gasteiger partial charge in [-0.3, -0.25) is 9.59 Å². The van der Waals surface area contributed by atoms with Crippen molar-refractivity contribution in [2.45, 2.75) is 33.1 Å². The van der Waals surface area contributed by atoms with Crippen molar-refractivity contribution in [3.8, 4) is 0 Å². The summed E-state index contributed by atoms with van der Waals surface area (Å²) >= 11 is 1.56. The molecule has 0 fully saturated rings. The smallest absolute Gasteiger partial charge is 0.256 e. The van der Waals surface area contributed by atoms with E-state index >= 15 is 0 Å². The van der Waals surface area contributed by atoms with Crippen LogP contribution in [-0.2, 0) is 12.8 Å². The molecule has 1 aromatic heterocycles. The highest BCUT2D eigenvalue weighted by atomic mass is 32.1. The first-order valence-electron chi connectivity index (χ1n) is 8.61. The van der Waals surface area contributed by atoms with Crippen molar-refractivity contribution in [2.75, 3.05) is 19.4 Å². The fraction of sp³-hybridized carbons (Fsp3) is 0.400. The van der Waals surface area contributed by atoms with Crippen molar-refractivity contribution >= 4 is 28.2 Å². The number of carbonyl (C=O) groups is 2. The topological polar surface area (TPSA) is 49.4 Å². The number of rotatable bonds is 3. The average molecular weight is 356 g/mol. The van der Waals surface area contributed by atoms with Gasteiger partial charge in [-0.05, 0) is 49.3 Å². The van der Waals surface area contributed by atoms with E-state index in [2.05, 4.69) is 12.2 Å². The van der Waals surface area contributed by atoms with Crippen molar-refractivity contribution in [2.24, 2.45) is 5.92 Å². The van der Waals surface area contributed by atoms with Crippen LogP contribution in [0.1, 0.15) is 50.1 Å². The van der Waals surface area contributed by atoms with Crippen molar-refractivity contribution in [1.82, 2.24) is 4.90 Å². The molecule has 5 heteroatoms. The molecule has 132 valence electrons. The van der Waals surface area contributed by atoms with Gasteiger partial charge in [-0.2, -0.15) is 0 Å². The molecule has 0 unspecified atom stereocenters. The van der Waals surface area contributed by atoms with E-state index in [1.54, 1.807) is 30.3 Å². The van der Waals surface area contributed by atoms with E-state index in [-0.39, 0.29) is 11.8 Å². The summed E-state index contributed by atoms with van der Waals surface area (Å²) in [5.41, 5.74) is 3.38. The predicted octanol–water partition coefficient (Wildman–Crippen LogP) is 4.14. The maximum absolute atomic E-state index is 12.7. The second-order valence-electron chi connectivity index (χ2n) is 7.02. The number of hydrogen-bond donors (Lipinski definition) is 1. The zero-order valence-electron chi connectivity index (χ0n) is 15.2. The molecule has 25 heavy (non-hydrogen) atoms. The number of benzene rings is 1. The Morgan fingerprint density at radius 1 is 1.24 bits per heavy atom.